The zero-order chi connectivity index (χ0) is 9.80. The van der Waals surface area contributed by atoms with E-state index in [1.807, 2.05) is 0 Å². The molecular formula is C7H7N5O2. The van der Waals surface area contributed by atoms with Gasteiger partial charge in [-0.15, -0.1) is 0 Å². The topological polar surface area (TPSA) is 96.7 Å². The summed E-state index contributed by atoms with van der Waals surface area (Å²) in [6.45, 7) is 0.302. The summed E-state index contributed by atoms with van der Waals surface area (Å²) in [6.07, 6.45) is 2.71. The number of H-pyrrole nitrogens is 1. The van der Waals surface area contributed by atoms with Gasteiger partial charge in [-0.2, -0.15) is 5.10 Å². The van der Waals surface area contributed by atoms with Crippen LogP contribution in [0.5, 0.6) is 0 Å². The van der Waals surface area contributed by atoms with Gasteiger partial charge in [0.05, 0.1) is 6.54 Å². The van der Waals surface area contributed by atoms with Gasteiger partial charge < -0.3 is 9.84 Å². The highest BCUT2D eigenvalue weighted by Gasteiger charge is 2.08. The number of aromatic nitrogens is 4. The Kier molecular flexibility index (Phi) is 2.22. The molecule has 2 rings (SSSR count). The van der Waals surface area contributed by atoms with E-state index in [9.17, 15) is 4.79 Å². The molecule has 14 heavy (non-hydrogen) atoms. The number of amides is 1. The van der Waals surface area contributed by atoms with Crippen LogP contribution in [0.2, 0.25) is 0 Å². The van der Waals surface area contributed by atoms with Crippen LogP contribution in [0.4, 0.5) is 0 Å². The SMILES string of the molecule is O=C(NCc1ccon1)c1ncn[nH]1. The van der Waals surface area contributed by atoms with Gasteiger partial charge in [0, 0.05) is 6.07 Å². The highest BCUT2D eigenvalue weighted by molar-refractivity contribution is 5.90. The van der Waals surface area contributed by atoms with Crippen LogP contribution >= 0.6 is 0 Å². The lowest BCUT2D eigenvalue weighted by atomic mass is 10.4. The Hall–Kier alpha value is -2.18. The van der Waals surface area contributed by atoms with Crippen molar-refractivity contribution in [3.05, 3.63) is 30.2 Å². The van der Waals surface area contributed by atoms with E-state index in [0.29, 0.717) is 12.2 Å². The van der Waals surface area contributed by atoms with Crippen LogP contribution in [0.3, 0.4) is 0 Å². The molecule has 0 fully saturated rings. The first-order valence-electron chi connectivity index (χ1n) is 3.89. The lowest BCUT2D eigenvalue weighted by Crippen LogP contribution is -2.24. The molecule has 0 saturated carbocycles. The van der Waals surface area contributed by atoms with Gasteiger partial charge in [0.1, 0.15) is 18.3 Å². The molecule has 0 saturated heterocycles. The first kappa shape index (κ1) is 8.42. The number of nitrogens with one attached hydrogen (secondary N) is 2. The Bertz CT molecular complexity index is 394. The van der Waals surface area contributed by atoms with Gasteiger partial charge in [0.25, 0.3) is 5.91 Å². The fraction of sp³-hybridized carbons (Fsp3) is 0.143. The van der Waals surface area contributed by atoms with Crippen LogP contribution < -0.4 is 5.32 Å². The van der Waals surface area contributed by atoms with E-state index in [4.69, 9.17) is 0 Å². The normalized spacial score (nSPS) is 10.0. The van der Waals surface area contributed by atoms with Crippen molar-refractivity contribution in [3.8, 4) is 0 Å². The van der Waals surface area contributed by atoms with E-state index >= 15 is 0 Å². The van der Waals surface area contributed by atoms with E-state index in [1.54, 1.807) is 6.07 Å². The zero-order valence-electron chi connectivity index (χ0n) is 7.10. The lowest BCUT2D eigenvalue weighted by Gasteiger charge is -1.97. The second-order valence-corrected chi connectivity index (χ2v) is 2.51. The molecule has 2 N–H and O–H groups in total. The van der Waals surface area contributed by atoms with Crippen molar-refractivity contribution >= 4 is 5.91 Å². The number of carbonyl (C=O) groups is 1. The minimum atomic E-state index is -0.328. The number of rotatable bonds is 3. The van der Waals surface area contributed by atoms with Gasteiger partial charge in [-0.3, -0.25) is 9.89 Å². The van der Waals surface area contributed by atoms with Crippen LogP contribution in [0.15, 0.2) is 23.2 Å². The van der Waals surface area contributed by atoms with Crippen molar-refractivity contribution in [2.24, 2.45) is 0 Å². The molecule has 0 atom stereocenters. The monoisotopic (exact) mass is 193 g/mol. The van der Waals surface area contributed by atoms with Crippen molar-refractivity contribution in [1.29, 1.82) is 0 Å². The smallest absolute Gasteiger partial charge is 0.288 e. The Morgan fingerprint density at radius 3 is 3.21 bits per heavy atom. The summed E-state index contributed by atoms with van der Waals surface area (Å²) in [5.74, 6) is -0.154. The largest absolute Gasteiger partial charge is 0.364 e. The Morgan fingerprint density at radius 2 is 2.57 bits per heavy atom. The van der Waals surface area contributed by atoms with Crippen LogP contribution in [-0.4, -0.2) is 26.2 Å². The summed E-state index contributed by atoms with van der Waals surface area (Å²) in [5, 5.41) is 12.2. The fourth-order valence-corrected chi connectivity index (χ4v) is 0.898. The quantitative estimate of drug-likeness (QED) is 0.698. The van der Waals surface area contributed by atoms with Crippen LogP contribution in [0.1, 0.15) is 16.3 Å². The predicted molar refractivity (Wildman–Crippen MR) is 44.1 cm³/mol. The summed E-state index contributed by atoms with van der Waals surface area (Å²) < 4.78 is 4.60. The van der Waals surface area contributed by atoms with E-state index in [0.717, 1.165) is 0 Å². The van der Waals surface area contributed by atoms with Gasteiger partial charge in [-0.05, 0) is 0 Å². The minimum absolute atomic E-state index is 0.175. The molecule has 2 aromatic rings. The van der Waals surface area contributed by atoms with Gasteiger partial charge in [-0.1, -0.05) is 5.16 Å². The van der Waals surface area contributed by atoms with Gasteiger partial charge in [0.2, 0.25) is 5.82 Å². The molecule has 72 valence electrons. The average molecular weight is 193 g/mol. The van der Waals surface area contributed by atoms with Gasteiger partial charge in [-0.25, -0.2) is 4.98 Å². The van der Waals surface area contributed by atoms with E-state index in [-0.39, 0.29) is 11.7 Å². The summed E-state index contributed by atoms with van der Waals surface area (Å²) >= 11 is 0. The van der Waals surface area contributed by atoms with Crippen LogP contribution in [0.25, 0.3) is 0 Å². The lowest BCUT2D eigenvalue weighted by molar-refractivity contribution is 0.0940. The van der Waals surface area contributed by atoms with Crippen molar-refractivity contribution in [3.63, 3.8) is 0 Å². The van der Waals surface area contributed by atoms with Gasteiger partial charge in [0.15, 0.2) is 0 Å². The maximum absolute atomic E-state index is 11.3. The molecule has 0 unspecified atom stereocenters. The molecule has 0 spiro atoms. The summed E-state index contributed by atoms with van der Waals surface area (Å²) in [5.41, 5.74) is 0.651. The molecular weight excluding hydrogens is 186 g/mol. The number of hydrogen-bond donors (Lipinski definition) is 2. The second-order valence-electron chi connectivity index (χ2n) is 2.51. The first-order chi connectivity index (χ1) is 6.86. The predicted octanol–water partition coefficient (Wildman–Crippen LogP) is -0.277. The third kappa shape index (κ3) is 1.76. The van der Waals surface area contributed by atoms with E-state index in [2.05, 4.69) is 30.2 Å². The van der Waals surface area contributed by atoms with Crippen molar-refractivity contribution < 1.29 is 9.32 Å². The van der Waals surface area contributed by atoms with E-state index < -0.39 is 0 Å². The van der Waals surface area contributed by atoms with Gasteiger partial charge >= 0.3 is 0 Å². The molecule has 0 aliphatic rings. The highest BCUT2D eigenvalue weighted by Crippen LogP contribution is 1.94. The molecule has 0 radical (unpaired) electrons. The third-order valence-corrected chi connectivity index (χ3v) is 1.55. The Balaban J connectivity index is 1.90. The molecule has 0 bridgehead atoms. The summed E-state index contributed by atoms with van der Waals surface area (Å²) in [7, 11) is 0. The maximum Gasteiger partial charge on any atom is 0.288 e. The maximum atomic E-state index is 11.3. The second kappa shape index (κ2) is 3.69. The molecule has 0 aromatic carbocycles. The third-order valence-electron chi connectivity index (χ3n) is 1.55. The number of hydrogen-bond acceptors (Lipinski definition) is 5. The Labute approximate surface area is 78.5 Å². The number of carbonyl (C=O) groups excluding carboxylic acids is 1. The molecule has 1 amide bonds. The number of nitrogens with zero attached hydrogens (tertiary/aromatic N) is 3. The van der Waals surface area contributed by atoms with E-state index in [1.165, 1.54) is 12.6 Å². The molecule has 7 nitrogen and oxygen atoms in total. The average Bonchev–Trinajstić information content (AvgIpc) is 2.87. The molecule has 0 aliphatic heterocycles. The Morgan fingerprint density at radius 1 is 1.64 bits per heavy atom. The zero-order valence-corrected chi connectivity index (χ0v) is 7.10. The molecule has 2 heterocycles. The fourth-order valence-electron chi connectivity index (χ4n) is 0.898. The molecule has 0 aliphatic carbocycles. The summed E-state index contributed by atoms with van der Waals surface area (Å²) in [6, 6.07) is 1.67. The van der Waals surface area contributed by atoms with Crippen molar-refractivity contribution in [1.82, 2.24) is 25.7 Å². The minimum Gasteiger partial charge on any atom is -0.364 e. The molecule has 2 aromatic heterocycles. The number of aromatic amines is 1. The first-order valence-corrected chi connectivity index (χ1v) is 3.89. The standard InChI is InChI=1S/C7H7N5O2/c13-7(6-9-4-10-11-6)8-3-5-1-2-14-12-5/h1-2,4H,3H2,(H,8,13)(H,9,10,11). The van der Waals surface area contributed by atoms with Crippen molar-refractivity contribution in [2.45, 2.75) is 6.54 Å². The van der Waals surface area contributed by atoms with Crippen LogP contribution in [-0.2, 0) is 6.54 Å². The van der Waals surface area contributed by atoms with Crippen molar-refractivity contribution in [2.75, 3.05) is 0 Å². The highest BCUT2D eigenvalue weighted by atomic mass is 16.5. The molecule has 7 heteroatoms. The van der Waals surface area contributed by atoms with Crippen LogP contribution in [0, 0.1) is 0 Å². The summed E-state index contributed by atoms with van der Waals surface area (Å²) in [4.78, 5) is 15.0.